The summed E-state index contributed by atoms with van der Waals surface area (Å²) in [6.07, 6.45) is 2.01. The fourth-order valence-electron chi connectivity index (χ4n) is 3.93. The van der Waals surface area contributed by atoms with Crippen LogP contribution in [-0.4, -0.2) is 51.2 Å². The molecule has 0 aliphatic carbocycles. The van der Waals surface area contributed by atoms with Crippen molar-refractivity contribution in [2.45, 2.75) is 43.9 Å². The SMILES string of the molecule is CSc1ccc(CNC(=O)c2cc3n(n2)C[C@](C)(C(=O)NCc2ccc(C)cc2)N(C)C3=O)cc1. The van der Waals surface area contributed by atoms with E-state index in [0.29, 0.717) is 13.1 Å². The van der Waals surface area contributed by atoms with E-state index in [4.69, 9.17) is 0 Å². The van der Waals surface area contributed by atoms with E-state index < -0.39 is 5.54 Å². The first kappa shape index (κ1) is 24.5. The van der Waals surface area contributed by atoms with Crippen LogP contribution in [0.25, 0.3) is 0 Å². The maximum absolute atomic E-state index is 13.1. The van der Waals surface area contributed by atoms with Crippen molar-refractivity contribution in [3.8, 4) is 0 Å². The second-order valence-corrected chi connectivity index (χ2v) is 9.79. The molecule has 3 amide bonds. The summed E-state index contributed by atoms with van der Waals surface area (Å²) >= 11 is 1.65. The third kappa shape index (κ3) is 5.09. The van der Waals surface area contributed by atoms with Gasteiger partial charge in [-0.05, 0) is 43.4 Å². The molecule has 4 rings (SSSR count). The van der Waals surface area contributed by atoms with Crippen molar-refractivity contribution in [3.63, 3.8) is 0 Å². The van der Waals surface area contributed by atoms with Gasteiger partial charge in [0.1, 0.15) is 11.2 Å². The second kappa shape index (κ2) is 9.95. The molecule has 2 N–H and O–H groups in total. The van der Waals surface area contributed by atoms with Crippen LogP contribution >= 0.6 is 11.8 Å². The van der Waals surface area contributed by atoms with Gasteiger partial charge in [-0.1, -0.05) is 42.0 Å². The number of fused-ring (bicyclic) bond motifs is 1. The Labute approximate surface area is 209 Å². The minimum atomic E-state index is -1.15. The summed E-state index contributed by atoms with van der Waals surface area (Å²) in [4.78, 5) is 41.5. The number of nitrogens with one attached hydrogen (secondary N) is 2. The van der Waals surface area contributed by atoms with Crippen molar-refractivity contribution in [1.29, 1.82) is 0 Å². The number of aromatic nitrogens is 2. The molecular formula is C26H29N5O3S. The van der Waals surface area contributed by atoms with Gasteiger partial charge in [-0.25, -0.2) is 0 Å². The Morgan fingerprint density at radius 3 is 2.26 bits per heavy atom. The average molecular weight is 492 g/mol. The molecule has 0 radical (unpaired) electrons. The maximum atomic E-state index is 13.1. The van der Waals surface area contributed by atoms with Gasteiger partial charge in [-0.15, -0.1) is 11.8 Å². The third-order valence-electron chi connectivity index (χ3n) is 6.41. The number of carbonyl (C=O) groups excluding carboxylic acids is 3. The number of carbonyl (C=O) groups is 3. The highest BCUT2D eigenvalue weighted by molar-refractivity contribution is 7.98. The van der Waals surface area contributed by atoms with E-state index in [-0.39, 0.29) is 35.7 Å². The Kier molecular flexibility index (Phi) is 6.98. The zero-order valence-corrected chi connectivity index (χ0v) is 21.1. The molecule has 0 saturated carbocycles. The van der Waals surface area contributed by atoms with E-state index in [0.717, 1.165) is 21.6 Å². The Morgan fingerprint density at radius 1 is 1.03 bits per heavy atom. The van der Waals surface area contributed by atoms with Crippen LogP contribution in [0.3, 0.4) is 0 Å². The number of benzene rings is 2. The molecule has 0 fully saturated rings. The van der Waals surface area contributed by atoms with Crippen LogP contribution in [0.1, 0.15) is 44.6 Å². The highest BCUT2D eigenvalue weighted by Gasteiger charge is 2.46. The Morgan fingerprint density at radius 2 is 1.63 bits per heavy atom. The summed E-state index contributed by atoms with van der Waals surface area (Å²) < 4.78 is 1.45. The monoisotopic (exact) mass is 491 g/mol. The summed E-state index contributed by atoms with van der Waals surface area (Å²) in [5.74, 6) is -1.01. The molecule has 3 aromatic rings. The Balaban J connectivity index is 1.44. The van der Waals surface area contributed by atoms with Crippen LogP contribution in [0, 0.1) is 6.92 Å². The average Bonchev–Trinajstić information content (AvgIpc) is 3.29. The van der Waals surface area contributed by atoms with Gasteiger partial charge in [0.25, 0.3) is 11.8 Å². The third-order valence-corrected chi connectivity index (χ3v) is 7.15. The van der Waals surface area contributed by atoms with Gasteiger partial charge in [-0.2, -0.15) is 5.10 Å². The molecule has 2 aromatic carbocycles. The molecule has 35 heavy (non-hydrogen) atoms. The first-order valence-electron chi connectivity index (χ1n) is 11.3. The fraction of sp³-hybridized carbons (Fsp3) is 0.308. The van der Waals surface area contributed by atoms with Crippen LogP contribution in [0.4, 0.5) is 0 Å². The summed E-state index contributed by atoms with van der Waals surface area (Å²) in [6.45, 7) is 4.56. The molecule has 182 valence electrons. The predicted octanol–water partition coefficient (Wildman–Crippen LogP) is 3.00. The van der Waals surface area contributed by atoms with E-state index in [9.17, 15) is 14.4 Å². The van der Waals surface area contributed by atoms with Crippen molar-refractivity contribution >= 4 is 29.5 Å². The van der Waals surface area contributed by atoms with Gasteiger partial charge in [0, 0.05) is 31.1 Å². The zero-order valence-electron chi connectivity index (χ0n) is 20.3. The second-order valence-electron chi connectivity index (χ2n) is 8.91. The molecule has 1 aromatic heterocycles. The first-order valence-corrected chi connectivity index (χ1v) is 12.5. The van der Waals surface area contributed by atoms with Gasteiger partial charge in [0.2, 0.25) is 5.91 Å². The summed E-state index contributed by atoms with van der Waals surface area (Å²) in [7, 11) is 1.60. The van der Waals surface area contributed by atoms with E-state index in [1.54, 1.807) is 25.7 Å². The van der Waals surface area contributed by atoms with E-state index >= 15 is 0 Å². The first-order chi connectivity index (χ1) is 16.7. The molecule has 1 atom stereocenters. The largest absolute Gasteiger partial charge is 0.350 e. The van der Waals surface area contributed by atoms with Crippen LogP contribution in [0.5, 0.6) is 0 Å². The number of thioether (sulfide) groups is 1. The van der Waals surface area contributed by atoms with Gasteiger partial charge >= 0.3 is 0 Å². The summed E-state index contributed by atoms with van der Waals surface area (Å²) in [6, 6.07) is 17.3. The Hall–Kier alpha value is -3.59. The molecule has 1 aliphatic rings. The smallest absolute Gasteiger partial charge is 0.272 e. The number of aryl methyl sites for hydroxylation is 1. The van der Waals surface area contributed by atoms with Crippen molar-refractivity contribution in [1.82, 2.24) is 25.3 Å². The van der Waals surface area contributed by atoms with Crippen LogP contribution in [0.2, 0.25) is 0 Å². The van der Waals surface area contributed by atoms with Crippen LogP contribution in [0.15, 0.2) is 59.5 Å². The normalized spacial score (nSPS) is 17.1. The lowest BCUT2D eigenvalue weighted by Gasteiger charge is -2.40. The van der Waals surface area contributed by atoms with Crippen LogP contribution in [-0.2, 0) is 24.4 Å². The topological polar surface area (TPSA) is 96.3 Å². The lowest BCUT2D eigenvalue weighted by molar-refractivity contribution is -0.132. The quantitative estimate of drug-likeness (QED) is 0.496. The minimum Gasteiger partial charge on any atom is -0.350 e. The number of likely N-dealkylation sites (N-methyl/N-ethyl adjacent to an activating group) is 1. The molecule has 8 nitrogen and oxygen atoms in total. The van der Waals surface area contributed by atoms with Crippen molar-refractivity contribution in [2.24, 2.45) is 0 Å². The van der Waals surface area contributed by atoms with Crippen molar-refractivity contribution < 1.29 is 14.4 Å². The summed E-state index contributed by atoms with van der Waals surface area (Å²) in [5, 5.41) is 10.1. The van der Waals surface area contributed by atoms with Gasteiger partial charge in [0.15, 0.2) is 5.69 Å². The number of rotatable bonds is 7. The molecular weight excluding hydrogens is 462 g/mol. The molecule has 2 heterocycles. The number of nitrogens with zero attached hydrogens (tertiary/aromatic N) is 3. The van der Waals surface area contributed by atoms with Gasteiger partial charge in [0.05, 0.1) is 6.54 Å². The molecule has 0 spiro atoms. The predicted molar refractivity (Wildman–Crippen MR) is 135 cm³/mol. The number of hydrogen-bond donors (Lipinski definition) is 2. The molecule has 1 aliphatic heterocycles. The van der Waals surface area contributed by atoms with Gasteiger partial charge in [-0.3, -0.25) is 19.1 Å². The highest BCUT2D eigenvalue weighted by atomic mass is 32.2. The van der Waals surface area contributed by atoms with E-state index in [1.165, 1.54) is 15.6 Å². The standard InChI is InChI=1S/C26H29N5O3S/c1-17-5-7-18(8-6-17)15-28-25(34)26(2)16-31-22(24(33)30(26)3)13-21(29-31)23(32)27-14-19-9-11-20(35-4)12-10-19/h5-13H,14-16H2,1-4H3,(H,27,32)(H,28,34)/t26-/m1/s1. The molecule has 9 heteroatoms. The van der Waals surface area contributed by atoms with Crippen LogP contribution < -0.4 is 10.6 Å². The lowest BCUT2D eigenvalue weighted by atomic mass is 9.95. The molecule has 0 unspecified atom stereocenters. The number of amides is 3. The molecule has 0 bridgehead atoms. The fourth-order valence-corrected chi connectivity index (χ4v) is 4.34. The van der Waals surface area contributed by atoms with Crippen molar-refractivity contribution in [2.75, 3.05) is 13.3 Å². The minimum absolute atomic E-state index is 0.145. The van der Waals surface area contributed by atoms with Crippen molar-refractivity contribution in [3.05, 3.63) is 82.7 Å². The number of hydrogen-bond acceptors (Lipinski definition) is 5. The van der Waals surface area contributed by atoms with E-state index in [1.807, 2.05) is 61.7 Å². The van der Waals surface area contributed by atoms with E-state index in [2.05, 4.69) is 15.7 Å². The van der Waals surface area contributed by atoms with Gasteiger partial charge < -0.3 is 15.5 Å². The highest BCUT2D eigenvalue weighted by Crippen LogP contribution is 2.26. The maximum Gasteiger partial charge on any atom is 0.272 e. The lowest BCUT2D eigenvalue weighted by Crippen LogP contribution is -2.62. The Bertz CT molecular complexity index is 1250. The zero-order chi connectivity index (χ0) is 25.2. The molecule has 0 saturated heterocycles. The summed E-state index contributed by atoms with van der Waals surface area (Å²) in [5.41, 5.74) is 2.36.